The molecule has 0 fully saturated rings. The average molecular weight is 619 g/mol. The molecule has 2 amide bonds. The van der Waals surface area contributed by atoms with E-state index in [0.29, 0.717) is 44.3 Å². The monoisotopic (exact) mass is 617 g/mol. The van der Waals surface area contributed by atoms with Crippen LogP contribution in [-0.4, -0.2) is 41.6 Å². The van der Waals surface area contributed by atoms with Gasteiger partial charge in [0.25, 0.3) is 11.8 Å². The first-order chi connectivity index (χ1) is 20.6. The lowest BCUT2D eigenvalue weighted by Gasteiger charge is -2.36. The number of amides is 2. The molecule has 8 nitrogen and oxygen atoms in total. The van der Waals surface area contributed by atoms with Gasteiger partial charge in [0.2, 0.25) is 0 Å². The number of nitrogens with zero attached hydrogens (tertiary/aromatic N) is 4. The number of benzene rings is 3. The topological polar surface area (TPSA) is 79.7 Å². The fourth-order valence-corrected chi connectivity index (χ4v) is 6.81. The van der Waals surface area contributed by atoms with Crippen LogP contribution in [0, 0.1) is 6.92 Å². The summed E-state index contributed by atoms with van der Waals surface area (Å²) in [5, 5.41) is 3.94. The van der Waals surface area contributed by atoms with E-state index in [9.17, 15) is 9.59 Å². The van der Waals surface area contributed by atoms with E-state index in [1.807, 2.05) is 55.7 Å². The number of ether oxygens (including phenoxy) is 1. The predicted molar refractivity (Wildman–Crippen MR) is 172 cm³/mol. The van der Waals surface area contributed by atoms with Crippen LogP contribution in [0.5, 0.6) is 5.75 Å². The predicted octanol–water partition coefficient (Wildman–Crippen LogP) is 7.46. The van der Waals surface area contributed by atoms with Crippen molar-refractivity contribution in [3.05, 3.63) is 87.2 Å². The Bertz CT molecular complexity index is 1800. The van der Waals surface area contributed by atoms with Crippen molar-refractivity contribution in [3.8, 4) is 17.1 Å². The van der Waals surface area contributed by atoms with E-state index in [1.165, 1.54) is 0 Å². The molecule has 0 saturated carbocycles. The number of carbonyl (C=O) groups excluding carboxylic acids is 2. The molecule has 2 aliphatic heterocycles. The maximum Gasteiger partial charge on any atom is 0.280 e. The maximum atomic E-state index is 14.6. The fraction of sp³-hybridized carbons (Fsp3) is 0.303. The second kappa shape index (κ2) is 10.6. The lowest BCUT2D eigenvalue weighted by molar-refractivity contribution is -0.119. The third kappa shape index (κ3) is 4.14. The number of anilines is 3. The van der Waals surface area contributed by atoms with Crippen LogP contribution >= 0.6 is 23.2 Å². The van der Waals surface area contributed by atoms with E-state index < -0.39 is 11.4 Å². The van der Waals surface area contributed by atoms with E-state index in [1.54, 1.807) is 36.3 Å². The van der Waals surface area contributed by atoms with Gasteiger partial charge < -0.3 is 19.5 Å². The number of imidazole rings is 1. The van der Waals surface area contributed by atoms with E-state index in [2.05, 4.69) is 24.1 Å². The summed E-state index contributed by atoms with van der Waals surface area (Å²) < 4.78 is 7.88. The first-order valence-electron chi connectivity index (χ1n) is 14.4. The number of hydrogen-bond acceptors (Lipinski definition) is 5. The van der Waals surface area contributed by atoms with E-state index in [-0.39, 0.29) is 17.6 Å². The molecule has 4 aromatic rings. The molecule has 0 bridgehead atoms. The van der Waals surface area contributed by atoms with Crippen LogP contribution in [0.15, 0.2) is 54.6 Å². The summed E-state index contributed by atoms with van der Waals surface area (Å²) in [4.78, 5) is 37.8. The molecule has 1 atom stereocenters. The molecule has 10 heteroatoms. The minimum Gasteiger partial charge on any atom is -0.496 e. The van der Waals surface area contributed by atoms with E-state index >= 15 is 0 Å². The minimum absolute atomic E-state index is 0.173. The van der Waals surface area contributed by atoms with Crippen LogP contribution < -0.4 is 19.9 Å². The second-order valence-electron chi connectivity index (χ2n) is 11.1. The Kier molecular flexibility index (Phi) is 7.18. The minimum atomic E-state index is -1.55. The zero-order valence-electron chi connectivity index (χ0n) is 25.0. The van der Waals surface area contributed by atoms with Gasteiger partial charge in [0.1, 0.15) is 11.6 Å². The van der Waals surface area contributed by atoms with Crippen LogP contribution in [0.4, 0.5) is 17.1 Å². The molecule has 222 valence electrons. The van der Waals surface area contributed by atoms with Gasteiger partial charge in [-0.15, -0.1) is 0 Å². The third-order valence-corrected chi connectivity index (χ3v) is 8.90. The number of aromatic nitrogens is 2. The van der Waals surface area contributed by atoms with Crippen molar-refractivity contribution in [2.45, 2.75) is 46.2 Å². The molecule has 0 saturated heterocycles. The summed E-state index contributed by atoms with van der Waals surface area (Å²) in [7, 11) is 1.63. The fourth-order valence-electron chi connectivity index (χ4n) is 6.48. The summed E-state index contributed by atoms with van der Waals surface area (Å²) in [6, 6.07) is 16.4. The van der Waals surface area contributed by atoms with Gasteiger partial charge in [0, 0.05) is 52.2 Å². The first-order valence-corrected chi connectivity index (χ1v) is 15.1. The van der Waals surface area contributed by atoms with Crippen LogP contribution in [0.2, 0.25) is 10.0 Å². The molecule has 1 spiro atoms. The summed E-state index contributed by atoms with van der Waals surface area (Å²) in [5.41, 5.74) is 3.39. The molecular formula is C33H33Cl2N5O3. The second-order valence-corrected chi connectivity index (χ2v) is 12.0. The Morgan fingerprint density at radius 3 is 2.37 bits per heavy atom. The van der Waals surface area contributed by atoms with Crippen molar-refractivity contribution >= 4 is 52.1 Å². The Hall–Kier alpha value is -4.01. The molecule has 0 aliphatic carbocycles. The lowest BCUT2D eigenvalue weighted by atomic mass is 9.86. The summed E-state index contributed by atoms with van der Waals surface area (Å²) >= 11 is 12.8. The number of rotatable bonds is 7. The van der Waals surface area contributed by atoms with Crippen LogP contribution in [0.3, 0.4) is 0 Å². The number of methoxy groups -OCH3 is 1. The number of fused-ring (bicyclic) bond motifs is 4. The molecule has 3 aromatic carbocycles. The summed E-state index contributed by atoms with van der Waals surface area (Å²) in [6.45, 7) is 11.8. The number of nitrogens with one attached hydrogen (secondary N) is 1. The Morgan fingerprint density at radius 1 is 1.00 bits per heavy atom. The van der Waals surface area contributed by atoms with E-state index in [4.69, 9.17) is 32.9 Å². The zero-order chi connectivity index (χ0) is 30.8. The highest BCUT2D eigenvalue weighted by atomic mass is 35.5. The maximum absolute atomic E-state index is 14.6. The Labute approximate surface area is 261 Å². The van der Waals surface area contributed by atoms with Crippen LogP contribution in [0.25, 0.3) is 11.4 Å². The first kappa shape index (κ1) is 29.1. The zero-order valence-corrected chi connectivity index (χ0v) is 26.5. The highest BCUT2D eigenvalue weighted by Gasteiger charge is 2.64. The van der Waals surface area contributed by atoms with Gasteiger partial charge in [0.15, 0.2) is 11.2 Å². The SMILES string of the molecule is CCN(CC)c1ccc(-c2nc3c(n2C(C)C)[C@]2(C(=O)Nc4cc(Cl)ccc42)N(c2cc(Cl)ccc2C)C3=O)c(OC)c1. The number of hydrogen-bond donors (Lipinski definition) is 1. The van der Waals surface area contributed by atoms with Crippen LogP contribution in [-0.2, 0) is 10.3 Å². The molecule has 0 unspecified atom stereocenters. The highest BCUT2D eigenvalue weighted by Crippen LogP contribution is 2.55. The smallest absolute Gasteiger partial charge is 0.280 e. The van der Waals surface area contributed by atoms with Gasteiger partial charge in [-0.2, -0.15) is 0 Å². The molecule has 1 N–H and O–H groups in total. The van der Waals surface area contributed by atoms with Crippen molar-refractivity contribution < 1.29 is 14.3 Å². The Morgan fingerprint density at radius 2 is 1.70 bits per heavy atom. The molecule has 1 aromatic heterocycles. The van der Waals surface area contributed by atoms with Crippen molar-refractivity contribution in [2.75, 3.05) is 35.3 Å². The molecule has 3 heterocycles. The van der Waals surface area contributed by atoms with Crippen molar-refractivity contribution in [3.63, 3.8) is 0 Å². The number of carbonyl (C=O) groups is 2. The normalized spacial score (nSPS) is 17.1. The molecule has 6 rings (SSSR count). The van der Waals surface area contributed by atoms with Gasteiger partial charge in [-0.1, -0.05) is 35.3 Å². The summed E-state index contributed by atoms with van der Waals surface area (Å²) in [6.07, 6.45) is 0. The van der Waals surface area contributed by atoms with Gasteiger partial charge in [-0.25, -0.2) is 4.98 Å². The number of halogens is 2. The standard InChI is InChI=1S/C33H33Cl2N5O3/c1-7-38(8-2)22-12-13-23(27(17-22)43-6)30-37-28-29(39(30)18(3)4)33(24-14-11-20(34)15-25(24)36-32(33)42)40(31(28)41)26-16-21(35)10-9-19(26)5/h9-18H,7-8H2,1-6H3,(H,36,42)/t33-/m1/s1. The molecular weight excluding hydrogens is 585 g/mol. The summed E-state index contributed by atoms with van der Waals surface area (Å²) in [5.74, 6) is 0.418. The third-order valence-electron chi connectivity index (χ3n) is 8.43. The molecule has 43 heavy (non-hydrogen) atoms. The van der Waals surface area contributed by atoms with Gasteiger partial charge in [-0.3, -0.25) is 14.5 Å². The van der Waals surface area contributed by atoms with E-state index in [0.717, 1.165) is 29.9 Å². The molecule has 2 aliphatic rings. The molecule has 0 radical (unpaired) electrons. The largest absolute Gasteiger partial charge is 0.496 e. The van der Waals surface area contributed by atoms with Crippen molar-refractivity contribution in [1.82, 2.24) is 9.55 Å². The van der Waals surface area contributed by atoms with Crippen molar-refractivity contribution in [1.29, 1.82) is 0 Å². The number of aryl methyl sites for hydroxylation is 1. The van der Waals surface area contributed by atoms with Gasteiger partial charge >= 0.3 is 0 Å². The van der Waals surface area contributed by atoms with Gasteiger partial charge in [-0.05, 0) is 76.6 Å². The van der Waals surface area contributed by atoms with Crippen LogP contribution in [0.1, 0.15) is 61.0 Å². The average Bonchev–Trinajstić information content (AvgIpc) is 3.59. The van der Waals surface area contributed by atoms with Gasteiger partial charge in [0.05, 0.1) is 24.1 Å². The van der Waals surface area contributed by atoms with Crippen molar-refractivity contribution in [2.24, 2.45) is 0 Å². The highest BCUT2D eigenvalue weighted by molar-refractivity contribution is 6.32. The Balaban J connectivity index is 1.68. The quantitative estimate of drug-likeness (QED) is 0.233. The lowest BCUT2D eigenvalue weighted by Crippen LogP contribution is -2.51.